The summed E-state index contributed by atoms with van der Waals surface area (Å²) in [5, 5.41) is 8.16. The van der Waals surface area contributed by atoms with Gasteiger partial charge in [0.05, 0.1) is 28.7 Å². The van der Waals surface area contributed by atoms with Crippen LogP contribution in [0.2, 0.25) is 0 Å². The lowest BCUT2D eigenvalue weighted by atomic mass is 10.2. The van der Waals surface area contributed by atoms with Crippen LogP contribution in [0.5, 0.6) is 5.75 Å². The minimum atomic E-state index is -0.409. The first kappa shape index (κ1) is 20.4. The topological polar surface area (TPSA) is 91.8 Å². The van der Waals surface area contributed by atoms with Crippen LogP contribution in [0.4, 0.5) is 5.69 Å². The van der Waals surface area contributed by atoms with Crippen LogP contribution in [0.15, 0.2) is 77.6 Å². The number of nitrogens with one attached hydrogen (secondary N) is 2. The first-order chi connectivity index (χ1) is 16.0. The predicted molar refractivity (Wildman–Crippen MR) is 125 cm³/mol. The number of amides is 1. The smallest absolute Gasteiger partial charge is 0.424 e. The van der Waals surface area contributed by atoms with E-state index in [-0.39, 0.29) is 12.5 Å². The zero-order valence-corrected chi connectivity index (χ0v) is 18.2. The summed E-state index contributed by atoms with van der Waals surface area (Å²) in [5.41, 5.74) is 3.30. The van der Waals surface area contributed by atoms with Crippen LogP contribution in [-0.4, -0.2) is 27.2 Å². The Morgan fingerprint density at radius 3 is 2.70 bits per heavy atom. The van der Waals surface area contributed by atoms with E-state index in [1.165, 1.54) is 9.08 Å². The molecule has 0 bridgehead atoms. The quantitative estimate of drug-likeness (QED) is 0.455. The second-order valence-electron chi connectivity index (χ2n) is 7.77. The number of carbonyl (C=O) groups is 1. The zero-order valence-electron chi connectivity index (χ0n) is 18.2. The number of methoxy groups -OCH3 is 1. The number of hydrogen-bond acceptors (Lipinski definition) is 4. The average molecular weight is 440 g/mol. The molecule has 0 radical (unpaired) electrons. The van der Waals surface area contributed by atoms with E-state index < -0.39 is 5.69 Å². The van der Waals surface area contributed by atoms with Crippen molar-refractivity contribution in [1.29, 1.82) is 0 Å². The van der Waals surface area contributed by atoms with Gasteiger partial charge >= 0.3 is 11.5 Å². The highest BCUT2D eigenvalue weighted by Gasteiger charge is 2.23. The van der Waals surface area contributed by atoms with Gasteiger partial charge in [-0.2, -0.15) is 0 Å². The fraction of sp³-hybridized carbons (Fsp3) is 0.120. The maximum atomic E-state index is 13.4. The maximum absolute atomic E-state index is 13.4. The van der Waals surface area contributed by atoms with Crippen molar-refractivity contribution >= 4 is 28.1 Å². The second kappa shape index (κ2) is 8.23. The van der Waals surface area contributed by atoms with Gasteiger partial charge in [-0.25, -0.2) is 9.78 Å². The van der Waals surface area contributed by atoms with E-state index in [0.717, 1.165) is 16.5 Å². The normalized spacial score (nSPS) is 11.1. The summed E-state index contributed by atoms with van der Waals surface area (Å²) < 4.78 is 8.04. The molecule has 5 aromatic rings. The molecule has 0 spiro atoms. The molecule has 2 aromatic heterocycles. The van der Waals surface area contributed by atoms with Gasteiger partial charge < -0.3 is 10.1 Å². The van der Waals surface area contributed by atoms with Crippen molar-refractivity contribution in [2.45, 2.75) is 13.5 Å². The van der Waals surface area contributed by atoms with E-state index in [2.05, 4.69) is 15.4 Å². The van der Waals surface area contributed by atoms with E-state index in [1.807, 2.05) is 79.7 Å². The number of carbonyl (C=O) groups excluding carboxylic acids is 1. The van der Waals surface area contributed by atoms with E-state index >= 15 is 0 Å². The first-order valence-corrected chi connectivity index (χ1v) is 10.5. The lowest BCUT2D eigenvalue weighted by Gasteiger charge is -2.09. The molecule has 8 nitrogen and oxygen atoms in total. The van der Waals surface area contributed by atoms with Crippen molar-refractivity contribution in [2.24, 2.45) is 0 Å². The fourth-order valence-corrected chi connectivity index (χ4v) is 3.91. The number of anilines is 1. The van der Waals surface area contributed by atoms with Crippen molar-refractivity contribution in [3.05, 3.63) is 88.8 Å². The molecular formula is C25H22N5O3+. The first-order valence-electron chi connectivity index (χ1n) is 10.5. The minimum Gasteiger partial charge on any atom is -0.497 e. The van der Waals surface area contributed by atoms with E-state index in [1.54, 1.807) is 7.11 Å². The van der Waals surface area contributed by atoms with Gasteiger partial charge in [0.2, 0.25) is 5.91 Å². The highest BCUT2D eigenvalue weighted by molar-refractivity contribution is 5.94. The molecule has 0 atom stereocenters. The number of aromatic amines is 1. The number of aryl methyl sites for hydroxylation is 1. The minimum absolute atomic E-state index is 0.141. The van der Waals surface area contributed by atoms with Crippen LogP contribution in [-0.2, 0) is 11.3 Å². The number of aromatic nitrogens is 4. The molecule has 2 heterocycles. The van der Waals surface area contributed by atoms with E-state index in [9.17, 15) is 9.59 Å². The highest BCUT2D eigenvalue weighted by atomic mass is 16.5. The Balaban J connectivity index is 1.60. The molecule has 0 saturated carbocycles. The zero-order chi connectivity index (χ0) is 22.9. The molecule has 0 saturated heterocycles. The van der Waals surface area contributed by atoms with Crippen LogP contribution < -0.4 is 20.7 Å². The lowest BCUT2D eigenvalue weighted by Crippen LogP contribution is -2.33. The molecule has 0 fully saturated rings. The Morgan fingerprint density at radius 1 is 1.06 bits per heavy atom. The predicted octanol–water partition coefficient (Wildman–Crippen LogP) is 3.09. The van der Waals surface area contributed by atoms with E-state index in [4.69, 9.17) is 4.74 Å². The number of benzene rings is 3. The molecule has 0 unspecified atom stereocenters. The second-order valence-corrected chi connectivity index (χ2v) is 7.77. The molecule has 5 rings (SSSR count). The molecule has 33 heavy (non-hydrogen) atoms. The Labute approximate surface area is 189 Å². The molecule has 0 aliphatic carbocycles. The Bertz CT molecular complexity index is 1570. The van der Waals surface area contributed by atoms with E-state index in [0.29, 0.717) is 28.4 Å². The number of para-hydroxylation sites is 1. The fourth-order valence-electron chi connectivity index (χ4n) is 3.91. The van der Waals surface area contributed by atoms with Gasteiger partial charge in [0.1, 0.15) is 12.3 Å². The third-order valence-electron chi connectivity index (χ3n) is 5.46. The molecule has 2 N–H and O–H groups in total. The van der Waals surface area contributed by atoms with Crippen LogP contribution in [0.25, 0.3) is 27.9 Å². The standard InChI is InChI=1S/C25H21N5O3/c1-16-7-5-9-18(13-16)26-22(31)15-29-21-12-4-3-11-20(21)24-27-23(28-30(24)25(29)32)17-8-6-10-19(14-17)33-2/h3-14H,15H2,1-2H3,(H,26,31)/p+1. The van der Waals surface area contributed by atoms with Crippen molar-refractivity contribution in [1.82, 2.24) is 14.2 Å². The van der Waals surface area contributed by atoms with Crippen LogP contribution in [0, 0.1) is 6.92 Å². The Hall–Kier alpha value is -4.46. The number of nitrogens with zero attached hydrogens (tertiary/aromatic N) is 3. The Kier molecular flexibility index (Phi) is 5.10. The van der Waals surface area contributed by atoms with Crippen molar-refractivity contribution < 1.29 is 14.5 Å². The monoisotopic (exact) mass is 440 g/mol. The molecule has 164 valence electrons. The summed E-state index contributed by atoms with van der Waals surface area (Å²) >= 11 is 0. The summed E-state index contributed by atoms with van der Waals surface area (Å²) in [5.74, 6) is 0.919. The van der Waals surface area contributed by atoms with Crippen LogP contribution >= 0.6 is 0 Å². The van der Waals surface area contributed by atoms with Crippen molar-refractivity contribution in [3.63, 3.8) is 0 Å². The molecular weight excluding hydrogens is 418 g/mol. The van der Waals surface area contributed by atoms with Gasteiger partial charge in [-0.1, -0.05) is 30.3 Å². The Morgan fingerprint density at radius 2 is 1.88 bits per heavy atom. The lowest BCUT2D eigenvalue weighted by molar-refractivity contribution is -0.331. The number of rotatable bonds is 5. The number of hydrogen-bond donors (Lipinski definition) is 1. The molecule has 1 amide bonds. The van der Waals surface area contributed by atoms with Gasteiger partial charge in [0.15, 0.2) is 0 Å². The third kappa shape index (κ3) is 3.82. The summed E-state index contributed by atoms with van der Waals surface area (Å²) in [7, 11) is 1.60. The number of H-pyrrole nitrogens is 1. The number of fused-ring (bicyclic) bond motifs is 3. The van der Waals surface area contributed by atoms with Crippen LogP contribution in [0.3, 0.4) is 0 Å². The van der Waals surface area contributed by atoms with Gasteiger partial charge in [-0.05, 0) is 59.5 Å². The van der Waals surface area contributed by atoms with Gasteiger partial charge in [-0.3, -0.25) is 9.36 Å². The van der Waals surface area contributed by atoms with Crippen molar-refractivity contribution in [3.8, 4) is 17.1 Å². The average Bonchev–Trinajstić information content (AvgIpc) is 3.28. The third-order valence-corrected chi connectivity index (χ3v) is 5.46. The number of ether oxygens (including phenoxy) is 1. The molecule has 8 heteroatoms. The van der Waals surface area contributed by atoms with Gasteiger partial charge in [0.25, 0.3) is 5.65 Å². The largest absolute Gasteiger partial charge is 0.497 e. The highest BCUT2D eigenvalue weighted by Crippen LogP contribution is 2.21. The summed E-state index contributed by atoms with van der Waals surface area (Å²) in [6.45, 7) is 1.81. The summed E-state index contributed by atoms with van der Waals surface area (Å²) in [6, 6.07) is 22.4. The van der Waals surface area contributed by atoms with Crippen molar-refractivity contribution in [2.75, 3.05) is 12.4 Å². The maximum Gasteiger partial charge on any atom is 0.424 e. The summed E-state index contributed by atoms with van der Waals surface area (Å²) in [6.07, 6.45) is 0. The SMILES string of the molecule is COc1cccc(-c2nn3c(=O)n(CC(=O)Nc4cccc(C)c4)c4ccccc4c3[nH+]2)c1. The molecule has 0 aliphatic rings. The molecule has 3 aromatic carbocycles. The van der Waals surface area contributed by atoms with Gasteiger partial charge in [-0.15, -0.1) is 0 Å². The molecule has 0 aliphatic heterocycles. The van der Waals surface area contributed by atoms with Gasteiger partial charge in [0, 0.05) is 5.69 Å². The van der Waals surface area contributed by atoms with Crippen LogP contribution in [0.1, 0.15) is 5.56 Å². The summed E-state index contributed by atoms with van der Waals surface area (Å²) in [4.78, 5) is 29.4.